The highest BCUT2D eigenvalue weighted by Gasteiger charge is 2.21. The van der Waals surface area contributed by atoms with Crippen molar-refractivity contribution < 1.29 is 18.4 Å². The van der Waals surface area contributed by atoms with Crippen LogP contribution in [0.1, 0.15) is 26.2 Å². The Hall–Kier alpha value is -3.62. The van der Waals surface area contributed by atoms with Crippen LogP contribution in [0.3, 0.4) is 0 Å². The van der Waals surface area contributed by atoms with Crippen molar-refractivity contribution in [3.63, 3.8) is 0 Å². The van der Waals surface area contributed by atoms with Gasteiger partial charge in [-0.05, 0) is 62.6 Å². The molecular weight excluding hydrogens is 389 g/mol. The Bertz CT molecular complexity index is 1080. The maximum absolute atomic E-state index is 14.1. The first-order chi connectivity index (χ1) is 14.4. The molecule has 3 aromatic rings. The zero-order valence-corrected chi connectivity index (χ0v) is 16.5. The highest BCUT2D eigenvalue weighted by molar-refractivity contribution is 5.75. The van der Waals surface area contributed by atoms with Crippen LogP contribution in [0, 0.1) is 5.82 Å². The molecule has 2 heterocycles. The molecule has 1 saturated heterocycles. The Morgan fingerprint density at radius 3 is 2.73 bits per heavy atom. The van der Waals surface area contributed by atoms with Crippen LogP contribution >= 0.6 is 0 Å². The number of hydrogen-bond donors (Lipinski definition) is 2. The molecule has 1 aromatic heterocycles. The molecule has 0 saturated carbocycles. The van der Waals surface area contributed by atoms with E-state index in [2.05, 4.69) is 26.7 Å². The number of piperidine rings is 1. The number of carbonyl (C=O) groups excluding carboxylic acids is 1. The van der Waals surface area contributed by atoms with Crippen molar-refractivity contribution >= 4 is 17.5 Å². The van der Waals surface area contributed by atoms with E-state index in [1.165, 1.54) is 18.6 Å². The van der Waals surface area contributed by atoms with Gasteiger partial charge in [0.25, 0.3) is 5.89 Å². The van der Waals surface area contributed by atoms with Crippen LogP contribution < -0.4 is 21.1 Å². The molecule has 4 N–H and O–H groups in total. The smallest absolute Gasteiger partial charge is 0.407 e. The number of halogens is 1. The zero-order valence-electron chi connectivity index (χ0n) is 16.5. The Morgan fingerprint density at radius 2 is 2.03 bits per heavy atom. The number of nitrogens with two attached hydrogens (primary N) is 2. The number of benzene rings is 2. The molecule has 156 valence electrons. The van der Waals surface area contributed by atoms with Gasteiger partial charge < -0.3 is 25.6 Å². The summed E-state index contributed by atoms with van der Waals surface area (Å²) >= 11 is 0. The normalized spacial score (nSPS) is 16.5. The van der Waals surface area contributed by atoms with Crippen LogP contribution in [0.2, 0.25) is 0 Å². The molecule has 1 amide bonds. The number of primary amides is 1. The Balaban J connectivity index is 1.57. The number of amides is 1. The maximum atomic E-state index is 14.1. The zero-order chi connectivity index (χ0) is 21.3. The molecule has 2 aromatic carbocycles. The van der Waals surface area contributed by atoms with E-state index >= 15 is 0 Å². The largest absolute Gasteiger partial charge is 0.410 e. The first-order valence-corrected chi connectivity index (χ1v) is 9.70. The Labute approximate surface area is 172 Å². The number of anilines is 2. The van der Waals surface area contributed by atoms with Crippen molar-refractivity contribution in [2.75, 3.05) is 17.2 Å². The van der Waals surface area contributed by atoms with Gasteiger partial charge in [-0.1, -0.05) is 5.16 Å². The average molecular weight is 411 g/mol. The molecule has 0 radical (unpaired) electrons. The summed E-state index contributed by atoms with van der Waals surface area (Å²) < 4.78 is 24.0. The lowest BCUT2D eigenvalue weighted by Gasteiger charge is -2.36. The van der Waals surface area contributed by atoms with Crippen LogP contribution in [0.5, 0.6) is 5.75 Å². The van der Waals surface area contributed by atoms with Crippen LogP contribution in [0.15, 0.2) is 40.9 Å². The molecule has 1 unspecified atom stereocenters. The summed E-state index contributed by atoms with van der Waals surface area (Å²) in [6, 6.07) is 10.0. The number of ether oxygens (including phenoxy) is 1. The minimum Gasteiger partial charge on any atom is -0.407 e. The first kappa shape index (κ1) is 19.7. The monoisotopic (exact) mass is 411 g/mol. The highest BCUT2D eigenvalue weighted by Crippen LogP contribution is 2.33. The number of aromatic nitrogens is 2. The fraction of sp³-hybridized carbons (Fsp3) is 0.286. The van der Waals surface area contributed by atoms with Crippen LogP contribution in [0.25, 0.3) is 22.8 Å². The summed E-state index contributed by atoms with van der Waals surface area (Å²) in [5, 5.41) is 3.91. The predicted molar refractivity (Wildman–Crippen MR) is 110 cm³/mol. The number of nitrogens with zero attached hydrogens (tertiary/aromatic N) is 3. The van der Waals surface area contributed by atoms with E-state index in [-0.39, 0.29) is 17.5 Å². The minimum atomic E-state index is -1.09. The number of nitrogen functional groups attached to an aromatic ring is 1. The summed E-state index contributed by atoms with van der Waals surface area (Å²) in [6.45, 7) is 3.19. The SMILES string of the molecule is CC1CCCCN1c1ccc(-c2nc(-c3ccc(OC(N)=O)c(F)c3)no2)cc1N. The molecule has 0 aliphatic carbocycles. The molecule has 8 nitrogen and oxygen atoms in total. The fourth-order valence-corrected chi connectivity index (χ4v) is 3.69. The van der Waals surface area contributed by atoms with E-state index < -0.39 is 11.9 Å². The summed E-state index contributed by atoms with van der Waals surface area (Å²) in [7, 11) is 0. The Morgan fingerprint density at radius 1 is 1.23 bits per heavy atom. The third-order valence-corrected chi connectivity index (χ3v) is 5.21. The molecule has 30 heavy (non-hydrogen) atoms. The number of rotatable bonds is 4. The number of hydrogen-bond acceptors (Lipinski definition) is 7. The van der Waals surface area contributed by atoms with Crippen molar-refractivity contribution in [2.24, 2.45) is 5.73 Å². The first-order valence-electron chi connectivity index (χ1n) is 9.70. The second-order valence-electron chi connectivity index (χ2n) is 7.30. The lowest BCUT2D eigenvalue weighted by atomic mass is 10.0. The van der Waals surface area contributed by atoms with E-state index in [0.29, 0.717) is 22.9 Å². The molecule has 0 spiro atoms. The molecule has 1 aliphatic rings. The molecular formula is C21H22FN5O3. The van der Waals surface area contributed by atoms with Gasteiger partial charge >= 0.3 is 6.09 Å². The quantitative estimate of drug-likeness (QED) is 0.623. The molecule has 1 aliphatic heterocycles. The van der Waals surface area contributed by atoms with Crippen molar-refractivity contribution in [1.82, 2.24) is 10.1 Å². The third-order valence-electron chi connectivity index (χ3n) is 5.21. The lowest BCUT2D eigenvalue weighted by Crippen LogP contribution is -2.37. The van der Waals surface area contributed by atoms with Crippen molar-refractivity contribution in [3.05, 3.63) is 42.2 Å². The predicted octanol–water partition coefficient (Wildman–Crippen LogP) is 3.96. The van der Waals surface area contributed by atoms with Gasteiger partial charge in [0.2, 0.25) is 5.82 Å². The second-order valence-corrected chi connectivity index (χ2v) is 7.30. The summed E-state index contributed by atoms with van der Waals surface area (Å²) in [5.41, 5.74) is 13.9. The van der Waals surface area contributed by atoms with Gasteiger partial charge in [0.1, 0.15) is 0 Å². The maximum Gasteiger partial charge on any atom is 0.410 e. The van der Waals surface area contributed by atoms with Crippen molar-refractivity contribution in [2.45, 2.75) is 32.2 Å². The van der Waals surface area contributed by atoms with Gasteiger partial charge in [-0.2, -0.15) is 4.98 Å². The molecule has 1 atom stereocenters. The van der Waals surface area contributed by atoms with Gasteiger partial charge in [-0.15, -0.1) is 0 Å². The third kappa shape index (κ3) is 3.91. The van der Waals surface area contributed by atoms with E-state index in [4.69, 9.17) is 16.0 Å². The fourth-order valence-electron chi connectivity index (χ4n) is 3.69. The molecule has 4 rings (SSSR count). The van der Waals surface area contributed by atoms with E-state index in [0.717, 1.165) is 31.1 Å². The second kappa shape index (κ2) is 8.02. The minimum absolute atomic E-state index is 0.196. The van der Waals surface area contributed by atoms with Crippen LogP contribution in [-0.4, -0.2) is 28.8 Å². The summed E-state index contributed by atoms with van der Waals surface area (Å²) in [4.78, 5) is 17.4. The van der Waals surface area contributed by atoms with Gasteiger partial charge in [0.15, 0.2) is 11.6 Å². The Kier molecular flexibility index (Phi) is 5.26. The topological polar surface area (TPSA) is 120 Å². The standard InChI is InChI=1S/C21H22FN5O3/c1-12-4-2-3-9-27(12)17-7-5-14(11-16(17)23)20-25-19(26-30-20)13-6-8-18(15(22)10-13)29-21(24)28/h5-8,10-12H,2-4,9,23H2,1H3,(H2,24,28). The van der Waals surface area contributed by atoms with E-state index in [9.17, 15) is 9.18 Å². The van der Waals surface area contributed by atoms with Crippen molar-refractivity contribution in [3.8, 4) is 28.6 Å². The summed E-state index contributed by atoms with van der Waals surface area (Å²) in [6.07, 6.45) is 2.44. The molecule has 1 fully saturated rings. The van der Waals surface area contributed by atoms with Gasteiger partial charge in [-0.3, -0.25) is 0 Å². The van der Waals surface area contributed by atoms with E-state index in [1.807, 2.05) is 12.1 Å². The van der Waals surface area contributed by atoms with Gasteiger partial charge in [0.05, 0.1) is 11.4 Å². The highest BCUT2D eigenvalue weighted by atomic mass is 19.1. The lowest BCUT2D eigenvalue weighted by molar-refractivity contribution is 0.208. The summed E-state index contributed by atoms with van der Waals surface area (Å²) in [5.74, 6) is -0.568. The van der Waals surface area contributed by atoms with Crippen LogP contribution in [-0.2, 0) is 0 Å². The van der Waals surface area contributed by atoms with Crippen molar-refractivity contribution in [1.29, 1.82) is 0 Å². The molecule has 0 bridgehead atoms. The number of carbonyl (C=O) groups is 1. The van der Waals surface area contributed by atoms with E-state index in [1.54, 1.807) is 6.07 Å². The van der Waals surface area contributed by atoms with Gasteiger partial charge in [0, 0.05) is 23.7 Å². The van der Waals surface area contributed by atoms with Crippen LogP contribution in [0.4, 0.5) is 20.6 Å². The van der Waals surface area contributed by atoms with Gasteiger partial charge in [-0.25, -0.2) is 9.18 Å². The average Bonchev–Trinajstić information content (AvgIpc) is 3.20. The molecule has 9 heteroatoms.